The third-order valence-corrected chi connectivity index (χ3v) is 2.90. The summed E-state index contributed by atoms with van der Waals surface area (Å²) in [6.07, 6.45) is 0.0491. The number of nitrogen functional groups attached to an aromatic ring is 1. The van der Waals surface area contributed by atoms with E-state index in [0.717, 1.165) is 11.1 Å². The highest BCUT2D eigenvalue weighted by atomic mass is 16.3. The van der Waals surface area contributed by atoms with E-state index in [1.165, 1.54) is 5.56 Å². The first-order chi connectivity index (χ1) is 8.16. The Labute approximate surface area is 102 Å². The fourth-order valence-corrected chi connectivity index (χ4v) is 1.87. The monoisotopic (exact) mass is 227 g/mol. The molecule has 3 N–H and O–H groups in total. The second-order valence-corrected chi connectivity index (χ2v) is 4.33. The van der Waals surface area contributed by atoms with Crippen molar-refractivity contribution >= 4 is 5.69 Å². The summed E-state index contributed by atoms with van der Waals surface area (Å²) in [5.41, 5.74) is 9.63. The Bertz CT molecular complexity index is 491. The van der Waals surface area contributed by atoms with Crippen LogP contribution in [-0.4, -0.2) is 5.11 Å². The Morgan fingerprint density at radius 1 is 1.06 bits per heavy atom. The lowest BCUT2D eigenvalue weighted by atomic mass is 9.99. The molecule has 88 valence electrons. The van der Waals surface area contributed by atoms with Gasteiger partial charge in [-0.15, -0.1) is 0 Å². The predicted molar refractivity (Wildman–Crippen MR) is 70.7 cm³/mol. The summed E-state index contributed by atoms with van der Waals surface area (Å²) in [4.78, 5) is 0. The highest BCUT2D eigenvalue weighted by Crippen LogP contribution is 2.23. The van der Waals surface area contributed by atoms with Gasteiger partial charge in [-0.2, -0.15) is 0 Å². The zero-order chi connectivity index (χ0) is 12.3. The molecule has 0 aromatic heterocycles. The molecular formula is C15H17NO. The van der Waals surface area contributed by atoms with E-state index in [0.29, 0.717) is 12.1 Å². The number of hydrogen-bond donors (Lipinski definition) is 2. The molecule has 2 rings (SSSR count). The van der Waals surface area contributed by atoms with Crippen molar-refractivity contribution in [3.05, 3.63) is 65.2 Å². The van der Waals surface area contributed by atoms with Gasteiger partial charge >= 0.3 is 0 Å². The molecule has 0 radical (unpaired) electrons. The van der Waals surface area contributed by atoms with Crippen LogP contribution < -0.4 is 5.73 Å². The van der Waals surface area contributed by atoms with E-state index in [1.54, 1.807) is 0 Å². The van der Waals surface area contributed by atoms with Crippen molar-refractivity contribution < 1.29 is 5.11 Å². The van der Waals surface area contributed by atoms with E-state index in [-0.39, 0.29) is 0 Å². The van der Waals surface area contributed by atoms with Gasteiger partial charge in [-0.1, -0.05) is 48.0 Å². The Hall–Kier alpha value is -1.80. The number of aliphatic hydroxyl groups excluding tert-OH is 1. The minimum Gasteiger partial charge on any atom is -0.398 e. The van der Waals surface area contributed by atoms with Crippen LogP contribution >= 0.6 is 0 Å². The van der Waals surface area contributed by atoms with Crippen LogP contribution in [0.3, 0.4) is 0 Å². The Morgan fingerprint density at radius 2 is 1.71 bits per heavy atom. The van der Waals surface area contributed by atoms with Gasteiger partial charge in [-0.25, -0.2) is 0 Å². The topological polar surface area (TPSA) is 46.2 Å². The van der Waals surface area contributed by atoms with Crippen LogP contribution in [0.15, 0.2) is 48.5 Å². The molecular weight excluding hydrogens is 210 g/mol. The van der Waals surface area contributed by atoms with Gasteiger partial charge in [-0.3, -0.25) is 0 Å². The van der Waals surface area contributed by atoms with E-state index >= 15 is 0 Å². The molecule has 0 saturated heterocycles. The minimum atomic E-state index is -0.543. The van der Waals surface area contributed by atoms with Crippen molar-refractivity contribution in [1.82, 2.24) is 0 Å². The molecule has 2 aromatic carbocycles. The summed E-state index contributed by atoms with van der Waals surface area (Å²) < 4.78 is 0. The zero-order valence-electron chi connectivity index (χ0n) is 9.93. The fraction of sp³-hybridized carbons (Fsp3) is 0.200. The maximum atomic E-state index is 10.1. The number of hydrogen-bond acceptors (Lipinski definition) is 2. The van der Waals surface area contributed by atoms with E-state index in [9.17, 15) is 5.11 Å². The molecule has 0 fully saturated rings. The molecule has 1 atom stereocenters. The average molecular weight is 227 g/mol. The van der Waals surface area contributed by atoms with Crippen molar-refractivity contribution in [2.24, 2.45) is 0 Å². The molecule has 0 amide bonds. The number of para-hydroxylation sites is 1. The third-order valence-electron chi connectivity index (χ3n) is 2.90. The molecule has 1 unspecified atom stereocenters. The lowest BCUT2D eigenvalue weighted by Crippen LogP contribution is -2.05. The van der Waals surface area contributed by atoms with Crippen LogP contribution in [0, 0.1) is 6.92 Å². The molecule has 0 saturated carbocycles. The minimum absolute atomic E-state index is 0.543. The van der Waals surface area contributed by atoms with Gasteiger partial charge in [0.1, 0.15) is 0 Å². The van der Waals surface area contributed by atoms with Crippen molar-refractivity contribution in [1.29, 1.82) is 0 Å². The van der Waals surface area contributed by atoms with Crippen LogP contribution in [0.2, 0.25) is 0 Å². The predicted octanol–water partition coefficient (Wildman–Crippen LogP) is 2.85. The second-order valence-electron chi connectivity index (χ2n) is 4.33. The molecule has 17 heavy (non-hydrogen) atoms. The first-order valence-electron chi connectivity index (χ1n) is 5.75. The van der Waals surface area contributed by atoms with Gasteiger partial charge in [0, 0.05) is 17.7 Å². The van der Waals surface area contributed by atoms with Crippen LogP contribution in [-0.2, 0) is 6.42 Å². The quantitative estimate of drug-likeness (QED) is 0.792. The van der Waals surface area contributed by atoms with Crippen LogP contribution in [0.1, 0.15) is 22.8 Å². The normalized spacial score (nSPS) is 12.4. The largest absolute Gasteiger partial charge is 0.398 e. The van der Waals surface area contributed by atoms with Crippen molar-refractivity contribution in [3.63, 3.8) is 0 Å². The first kappa shape index (κ1) is 11.7. The SMILES string of the molecule is Cc1ccc(CC(O)c2ccccc2N)cc1. The second kappa shape index (κ2) is 5.02. The summed E-state index contributed by atoms with van der Waals surface area (Å²) in [5.74, 6) is 0. The lowest BCUT2D eigenvalue weighted by Gasteiger charge is -2.13. The van der Waals surface area contributed by atoms with Gasteiger partial charge in [0.2, 0.25) is 0 Å². The highest BCUT2D eigenvalue weighted by Gasteiger charge is 2.10. The Balaban J connectivity index is 2.14. The summed E-state index contributed by atoms with van der Waals surface area (Å²) >= 11 is 0. The van der Waals surface area contributed by atoms with Crippen LogP contribution in [0.4, 0.5) is 5.69 Å². The van der Waals surface area contributed by atoms with Gasteiger partial charge in [0.15, 0.2) is 0 Å². The van der Waals surface area contributed by atoms with E-state index in [1.807, 2.05) is 36.4 Å². The number of nitrogens with two attached hydrogens (primary N) is 1. The van der Waals surface area contributed by atoms with E-state index in [2.05, 4.69) is 19.1 Å². The van der Waals surface area contributed by atoms with Crippen molar-refractivity contribution in [2.75, 3.05) is 5.73 Å². The summed E-state index contributed by atoms with van der Waals surface area (Å²) in [6.45, 7) is 2.05. The van der Waals surface area contributed by atoms with Crippen LogP contribution in [0.5, 0.6) is 0 Å². The molecule has 2 aromatic rings. The number of aliphatic hydroxyl groups is 1. The standard InChI is InChI=1S/C15H17NO/c1-11-6-8-12(9-7-11)10-15(17)13-4-2-3-5-14(13)16/h2-9,15,17H,10,16H2,1H3. The molecule has 0 bridgehead atoms. The summed E-state index contributed by atoms with van der Waals surface area (Å²) in [5, 5.41) is 10.1. The van der Waals surface area contributed by atoms with Crippen molar-refractivity contribution in [2.45, 2.75) is 19.4 Å². The average Bonchev–Trinajstić information content (AvgIpc) is 2.32. The highest BCUT2D eigenvalue weighted by molar-refractivity contribution is 5.48. The van der Waals surface area contributed by atoms with Crippen LogP contribution in [0.25, 0.3) is 0 Å². The summed E-state index contributed by atoms with van der Waals surface area (Å²) in [7, 11) is 0. The lowest BCUT2D eigenvalue weighted by molar-refractivity contribution is 0.179. The molecule has 0 aliphatic rings. The van der Waals surface area contributed by atoms with E-state index < -0.39 is 6.10 Å². The molecule has 0 aliphatic heterocycles. The molecule has 0 spiro atoms. The number of anilines is 1. The smallest absolute Gasteiger partial charge is 0.0850 e. The first-order valence-corrected chi connectivity index (χ1v) is 5.75. The van der Waals surface area contributed by atoms with Gasteiger partial charge in [0.25, 0.3) is 0 Å². The molecule has 2 heteroatoms. The maximum Gasteiger partial charge on any atom is 0.0850 e. The van der Waals surface area contributed by atoms with E-state index in [4.69, 9.17) is 5.73 Å². The number of aryl methyl sites for hydroxylation is 1. The molecule has 0 heterocycles. The molecule has 0 aliphatic carbocycles. The maximum absolute atomic E-state index is 10.1. The Morgan fingerprint density at radius 3 is 2.35 bits per heavy atom. The number of benzene rings is 2. The number of rotatable bonds is 3. The van der Waals surface area contributed by atoms with Crippen molar-refractivity contribution in [3.8, 4) is 0 Å². The third kappa shape index (κ3) is 2.86. The Kier molecular flexibility index (Phi) is 3.45. The summed E-state index contributed by atoms with van der Waals surface area (Å²) in [6, 6.07) is 15.6. The molecule has 2 nitrogen and oxygen atoms in total. The van der Waals surface area contributed by atoms with Gasteiger partial charge in [-0.05, 0) is 18.6 Å². The zero-order valence-corrected chi connectivity index (χ0v) is 9.93. The van der Waals surface area contributed by atoms with Gasteiger partial charge in [0.05, 0.1) is 6.10 Å². The van der Waals surface area contributed by atoms with Gasteiger partial charge < -0.3 is 10.8 Å². The fourth-order valence-electron chi connectivity index (χ4n) is 1.87.